The van der Waals surface area contributed by atoms with E-state index < -0.39 is 10.9 Å². The van der Waals surface area contributed by atoms with Gasteiger partial charge in [0.15, 0.2) is 6.61 Å². The smallest absolute Gasteiger partial charge is 0.349 e. The maximum Gasteiger partial charge on any atom is 0.349 e. The standard InChI is InChI=1S/C16H15NO5/c1-2-12-3-7-15(8-4-12)22-16(18)11-21-14-9-5-13(6-10-14)17(19)20/h3-10H,2,11H2,1H3. The summed E-state index contributed by atoms with van der Waals surface area (Å²) in [4.78, 5) is 21.7. The van der Waals surface area contributed by atoms with Gasteiger partial charge in [-0.1, -0.05) is 19.1 Å². The van der Waals surface area contributed by atoms with Gasteiger partial charge < -0.3 is 9.47 Å². The molecule has 0 saturated carbocycles. The summed E-state index contributed by atoms with van der Waals surface area (Å²) in [6.07, 6.45) is 0.914. The predicted octanol–water partition coefficient (Wildman–Crippen LogP) is 3.14. The summed E-state index contributed by atoms with van der Waals surface area (Å²) in [6, 6.07) is 12.7. The molecule has 0 spiro atoms. The molecular weight excluding hydrogens is 286 g/mol. The fraction of sp³-hybridized carbons (Fsp3) is 0.188. The lowest BCUT2D eigenvalue weighted by atomic mass is 10.2. The number of nitro groups is 1. The van der Waals surface area contributed by atoms with Gasteiger partial charge in [-0.05, 0) is 36.2 Å². The largest absolute Gasteiger partial charge is 0.482 e. The molecule has 0 atom stereocenters. The van der Waals surface area contributed by atoms with E-state index in [2.05, 4.69) is 0 Å². The van der Waals surface area contributed by atoms with Gasteiger partial charge in [0.2, 0.25) is 0 Å². The normalized spacial score (nSPS) is 10.0. The number of aryl methyl sites for hydroxylation is 1. The lowest BCUT2D eigenvalue weighted by Crippen LogP contribution is -2.17. The molecule has 2 aromatic carbocycles. The third-order valence-corrected chi connectivity index (χ3v) is 2.97. The fourth-order valence-electron chi connectivity index (χ4n) is 1.76. The highest BCUT2D eigenvalue weighted by molar-refractivity contribution is 5.74. The van der Waals surface area contributed by atoms with E-state index in [4.69, 9.17) is 9.47 Å². The first-order valence-corrected chi connectivity index (χ1v) is 6.75. The van der Waals surface area contributed by atoms with Crippen molar-refractivity contribution in [3.8, 4) is 11.5 Å². The van der Waals surface area contributed by atoms with Crippen molar-refractivity contribution < 1.29 is 19.2 Å². The van der Waals surface area contributed by atoms with Crippen molar-refractivity contribution >= 4 is 11.7 Å². The number of hydrogen-bond donors (Lipinski definition) is 0. The molecular formula is C16H15NO5. The SMILES string of the molecule is CCc1ccc(OC(=O)COc2ccc([N+](=O)[O-])cc2)cc1. The molecule has 0 N–H and O–H groups in total. The van der Waals surface area contributed by atoms with Gasteiger partial charge in [0, 0.05) is 12.1 Å². The zero-order chi connectivity index (χ0) is 15.9. The molecule has 0 heterocycles. The molecule has 0 aliphatic rings. The molecule has 22 heavy (non-hydrogen) atoms. The van der Waals surface area contributed by atoms with Crippen LogP contribution in [-0.2, 0) is 11.2 Å². The second-order valence-corrected chi connectivity index (χ2v) is 4.51. The Labute approximate surface area is 127 Å². The molecule has 0 unspecified atom stereocenters. The van der Waals surface area contributed by atoms with Crippen LogP contribution in [0.5, 0.6) is 11.5 Å². The third kappa shape index (κ3) is 4.31. The van der Waals surface area contributed by atoms with E-state index in [-0.39, 0.29) is 12.3 Å². The first-order chi connectivity index (χ1) is 10.6. The molecule has 0 saturated heterocycles. The van der Waals surface area contributed by atoms with Crippen molar-refractivity contribution in [1.82, 2.24) is 0 Å². The molecule has 6 heteroatoms. The average Bonchev–Trinajstić information content (AvgIpc) is 2.54. The average molecular weight is 301 g/mol. The molecule has 114 valence electrons. The molecule has 0 aliphatic carbocycles. The number of benzene rings is 2. The Morgan fingerprint density at radius 3 is 2.18 bits per heavy atom. The highest BCUT2D eigenvalue weighted by Gasteiger charge is 2.08. The molecule has 0 aromatic heterocycles. The summed E-state index contributed by atoms with van der Waals surface area (Å²) in [6.45, 7) is 1.77. The van der Waals surface area contributed by atoms with Crippen LogP contribution in [0.25, 0.3) is 0 Å². The minimum atomic E-state index is -0.539. The first kappa shape index (κ1) is 15.5. The number of ether oxygens (including phenoxy) is 2. The Bertz CT molecular complexity index is 649. The van der Waals surface area contributed by atoms with Crippen molar-refractivity contribution in [3.05, 3.63) is 64.2 Å². The second kappa shape index (κ2) is 7.21. The van der Waals surface area contributed by atoms with Gasteiger partial charge in [0.1, 0.15) is 11.5 Å². The van der Waals surface area contributed by atoms with E-state index in [1.165, 1.54) is 24.3 Å². The van der Waals surface area contributed by atoms with Crippen LogP contribution in [0.3, 0.4) is 0 Å². The van der Waals surface area contributed by atoms with Crippen LogP contribution in [0.1, 0.15) is 12.5 Å². The van der Waals surface area contributed by atoms with Crippen LogP contribution in [-0.4, -0.2) is 17.5 Å². The van der Waals surface area contributed by atoms with Gasteiger partial charge >= 0.3 is 5.97 Å². The molecule has 0 radical (unpaired) electrons. The number of esters is 1. The Kier molecular flexibility index (Phi) is 5.08. The van der Waals surface area contributed by atoms with Crippen LogP contribution < -0.4 is 9.47 Å². The molecule has 6 nitrogen and oxygen atoms in total. The monoisotopic (exact) mass is 301 g/mol. The lowest BCUT2D eigenvalue weighted by Gasteiger charge is -2.07. The maximum atomic E-state index is 11.7. The molecule has 2 rings (SSSR count). The number of nitrogens with zero attached hydrogens (tertiary/aromatic N) is 1. The van der Waals surface area contributed by atoms with E-state index in [1.807, 2.05) is 19.1 Å². The second-order valence-electron chi connectivity index (χ2n) is 4.51. The topological polar surface area (TPSA) is 78.7 Å². The van der Waals surface area contributed by atoms with Gasteiger partial charge in [0.25, 0.3) is 5.69 Å². The Morgan fingerprint density at radius 1 is 1.05 bits per heavy atom. The summed E-state index contributed by atoms with van der Waals surface area (Å²) in [5.74, 6) is 0.279. The quantitative estimate of drug-likeness (QED) is 0.354. The van der Waals surface area contributed by atoms with Crippen LogP contribution in [0.4, 0.5) is 5.69 Å². The summed E-state index contributed by atoms with van der Waals surface area (Å²) in [5, 5.41) is 10.5. The van der Waals surface area contributed by atoms with Crippen molar-refractivity contribution in [2.24, 2.45) is 0 Å². The van der Waals surface area contributed by atoms with Gasteiger partial charge in [-0.3, -0.25) is 10.1 Å². The summed E-state index contributed by atoms with van der Waals surface area (Å²) < 4.78 is 10.3. The summed E-state index contributed by atoms with van der Waals surface area (Å²) in [5.41, 5.74) is 1.12. The number of non-ortho nitro benzene ring substituents is 1. The van der Waals surface area contributed by atoms with Gasteiger partial charge in [-0.25, -0.2) is 4.79 Å². The van der Waals surface area contributed by atoms with Gasteiger partial charge in [-0.2, -0.15) is 0 Å². The molecule has 0 fully saturated rings. The van der Waals surface area contributed by atoms with Gasteiger partial charge in [0.05, 0.1) is 4.92 Å². The van der Waals surface area contributed by atoms with Crippen LogP contribution in [0.2, 0.25) is 0 Å². The minimum absolute atomic E-state index is 0.0362. The van der Waals surface area contributed by atoms with Crippen LogP contribution >= 0.6 is 0 Å². The van der Waals surface area contributed by atoms with Gasteiger partial charge in [-0.15, -0.1) is 0 Å². The highest BCUT2D eigenvalue weighted by Crippen LogP contribution is 2.17. The number of nitro benzene ring substituents is 1. The highest BCUT2D eigenvalue weighted by atomic mass is 16.6. The zero-order valence-corrected chi connectivity index (χ0v) is 12.0. The van der Waals surface area contributed by atoms with E-state index in [1.54, 1.807) is 12.1 Å². The van der Waals surface area contributed by atoms with E-state index in [0.29, 0.717) is 11.5 Å². The lowest BCUT2D eigenvalue weighted by molar-refractivity contribution is -0.384. The molecule has 0 aliphatic heterocycles. The van der Waals surface area contributed by atoms with E-state index in [9.17, 15) is 14.9 Å². The third-order valence-electron chi connectivity index (χ3n) is 2.97. The predicted molar refractivity (Wildman–Crippen MR) is 80.0 cm³/mol. The van der Waals surface area contributed by atoms with E-state index >= 15 is 0 Å². The van der Waals surface area contributed by atoms with Crippen LogP contribution in [0, 0.1) is 10.1 Å². The Balaban J connectivity index is 1.85. The van der Waals surface area contributed by atoms with Crippen molar-refractivity contribution in [3.63, 3.8) is 0 Å². The Hall–Kier alpha value is -2.89. The maximum absolute atomic E-state index is 11.7. The van der Waals surface area contributed by atoms with Crippen molar-refractivity contribution in [2.75, 3.05) is 6.61 Å². The zero-order valence-electron chi connectivity index (χ0n) is 12.0. The van der Waals surface area contributed by atoms with Crippen molar-refractivity contribution in [1.29, 1.82) is 0 Å². The van der Waals surface area contributed by atoms with E-state index in [0.717, 1.165) is 12.0 Å². The fourth-order valence-corrected chi connectivity index (χ4v) is 1.76. The number of carbonyl (C=O) groups is 1. The number of hydrogen-bond acceptors (Lipinski definition) is 5. The summed E-state index contributed by atoms with van der Waals surface area (Å²) >= 11 is 0. The minimum Gasteiger partial charge on any atom is -0.482 e. The molecule has 0 bridgehead atoms. The molecule has 2 aromatic rings. The molecule has 0 amide bonds. The number of carbonyl (C=O) groups excluding carboxylic acids is 1. The first-order valence-electron chi connectivity index (χ1n) is 6.75. The van der Waals surface area contributed by atoms with Crippen molar-refractivity contribution in [2.45, 2.75) is 13.3 Å². The van der Waals surface area contributed by atoms with Crippen LogP contribution in [0.15, 0.2) is 48.5 Å². The number of rotatable bonds is 6. The Morgan fingerprint density at radius 2 is 1.64 bits per heavy atom. The summed E-state index contributed by atoms with van der Waals surface area (Å²) in [7, 11) is 0.